The lowest BCUT2D eigenvalue weighted by atomic mass is 10.0. The second-order valence-corrected chi connectivity index (χ2v) is 7.85. The Morgan fingerprint density at radius 2 is 2.15 bits per heavy atom. The fourth-order valence-electron chi connectivity index (χ4n) is 3.30. The summed E-state index contributed by atoms with van der Waals surface area (Å²) in [5.41, 5.74) is 0.542. The molecule has 0 spiro atoms. The molecule has 0 saturated carbocycles. The zero-order chi connectivity index (χ0) is 18.8. The first-order valence-corrected chi connectivity index (χ1v) is 9.89. The van der Waals surface area contributed by atoms with Crippen molar-refractivity contribution in [3.8, 4) is 0 Å². The molecule has 1 amide bonds. The second kappa shape index (κ2) is 7.48. The van der Waals surface area contributed by atoms with Crippen molar-refractivity contribution in [2.45, 2.75) is 26.3 Å². The van der Waals surface area contributed by atoms with E-state index in [1.165, 1.54) is 28.5 Å². The number of rotatable bonds is 4. The predicted molar refractivity (Wildman–Crippen MR) is 105 cm³/mol. The van der Waals surface area contributed by atoms with Gasteiger partial charge < -0.3 is 10.2 Å². The van der Waals surface area contributed by atoms with Crippen molar-refractivity contribution in [2.75, 3.05) is 18.0 Å². The normalized spacial score (nSPS) is 17.2. The molecule has 0 radical (unpaired) electrons. The Bertz CT molecular complexity index is 1010. The third kappa shape index (κ3) is 3.71. The third-order valence-electron chi connectivity index (χ3n) is 4.74. The Balaban J connectivity index is 1.56. The van der Waals surface area contributed by atoms with Crippen molar-refractivity contribution in [3.05, 3.63) is 58.0 Å². The molecule has 8 heteroatoms. The van der Waals surface area contributed by atoms with Crippen LogP contribution < -0.4 is 15.8 Å². The van der Waals surface area contributed by atoms with E-state index in [2.05, 4.69) is 27.2 Å². The number of carbonyl (C=O) groups is 1. The number of amides is 1. The van der Waals surface area contributed by atoms with Gasteiger partial charge in [0.15, 0.2) is 0 Å². The lowest BCUT2D eigenvalue weighted by molar-refractivity contribution is 0.0948. The minimum absolute atomic E-state index is 0.00675. The number of nitrogens with one attached hydrogen (secondary N) is 1. The molecule has 27 heavy (non-hydrogen) atoms. The van der Waals surface area contributed by atoms with Gasteiger partial charge in [-0.15, -0.1) is 5.10 Å². The average Bonchev–Trinajstić information content (AvgIpc) is 3.13. The molecule has 7 nitrogen and oxygen atoms in total. The number of fused-ring (bicyclic) bond motifs is 1. The van der Waals surface area contributed by atoms with Crippen LogP contribution in [0.25, 0.3) is 4.96 Å². The smallest absolute Gasteiger partial charge is 0.288 e. The summed E-state index contributed by atoms with van der Waals surface area (Å²) >= 11 is 1.39. The van der Waals surface area contributed by atoms with Gasteiger partial charge in [0.2, 0.25) is 10.1 Å². The molecule has 1 unspecified atom stereocenters. The first-order chi connectivity index (χ1) is 13.1. The van der Waals surface area contributed by atoms with Gasteiger partial charge in [-0.25, -0.2) is 4.98 Å². The number of piperidine rings is 1. The molecule has 1 fully saturated rings. The molecule has 0 bridgehead atoms. The molecular formula is C19H21N5O2S. The van der Waals surface area contributed by atoms with Crippen molar-refractivity contribution < 1.29 is 4.79 Å². The summed E-state index contributed by atoms with van der Waals surface area (Å²) < 4.78 is 1.25. The minimum atomic E-state index is -0.438. The highest BCUT2D eigenvalue weighted by Gasteiger charge is 2.22. The monoisotopic (exact) mass is 383 g/mol. The average molecular weight is 383 g/mol. The summed E-state index contributed by atoms with van der Waals surface area (Å²) in [6, 6.07) is 9.56. The summed E-state index contributed by atoms with van der Waals surface area (Å²) in [6.07, 6.45) is 3.68. The molecule has 0 aliphatic carbocycles. The highest BCUT2D eigenvalue weighted by Crippen LogP contribution is 2.26. The SMILES string of the molecule is CC1CCCN(c2nn3c(=O)c(C(=O)NCc4ccccc4)cnc3s2)C1. The van der Waals surface area contributed by atoms with Crippen LogP contribution in [0, 0.1) is 5.92 Å². The van der Waals surface area contributed by atoms with Crippen LogP contribution in [-0.2, 0) is 6.54 Å². The Hall–Kier alpha value is -2.74. The molecule has 1 aromatic carbocycles. The zero-order valence-electron chi connectivity index (χ0n) is 15.1. The van der Waals surface area contributed by atoms with E-state index < -0.39 is 11.5 Å². The van der Waals surface area contributed by atoms with Crippen LogP contribution in [0.1, 0.15) is 35.7 Å². The molecule has 1 aliphatic rings. The Kier molecular flexibility index (Phi) is 4.89. The van der Waals surface area contributed by atoms with Gasteiger partial charge in [0.05, 0.1) is 0 Å². The number of hydrogen-bond donors (Lipinski definition) is 1. The van der Waals surface area contributed by atoms with E-state index in [4.69, 9.17) is 0 Å². The van der Waals surface area contributed by atoms with Gasteiger partial charge in [-0.2, -0.15) is 4.52 Å². The molecule has 4 rings (SSSR count). The maximum Gasteiger partial charge on any atom is 0.288 e. The molecule has 140 valence electrons. The van der Waals surface area contributed by atoms with Gasteiger partial charge >= 0.3 is 0 Å². The van der Waals surface area contributed by atoms with Crippen LogP contribution in [0.15, 0.2) is 41.3 Å². The van der Waals surface area contributed by atoms with Gasteiger partial charge in [0.1, 0.15) is 5.56 Å². The number of benzene rings is 1. The topological polar surface area (TPSA) is 79.6 Å². The quantitative estimate of drug-likeness (QED) is 0.748. The summed E-state index contributed by atoms with van der Waals surface area (Å²) in [6.45, 7) is 4.44. The minimum Gasteiger partial charge on any atom is -0.348 e. The van der Waals surface area contributed by atoms with E-state index in [1.807, 2.05) is 30.3 Å². The Morgan fingerprint density at radius 3 is 2.93 bits per heavy atom. The van der Waals surface area contributed by atoms with Crippen molar-refractivity contribution in [2.24, 2.45) is 5.92 Å². The lowest BCUT2D eigenvalue weighted by Crippen LogP contribution is -2.34. The predicted octanol–water partition coefficient (Wildman–Crippen LogP) is 2.32. The van der Waals surface area contributed by atoms with Crippen LogP contribution in [0.5, 0.6) is 0 Å². The molecule has 2 aromatic heterocycles. The van der Waals surface area contributed by atoms with Gasteiger partial charge in [-0.3, -0.25) is 9.59 Å². The molecule has 1 aliphatic heterocycles. The van der Waals surface area contributed by atoms with Crippen LogP contribution >= 0.6 is 11.3 Å². The second-order valence-electron chi connectivity index (χ2n) is 6.92. The highest BCUT2D eigenvalue weighted by molar-refractivity contribution is 7.20. The number of aromatic nitrogens is 3. The standard InChI is InChI=1S/C19H21N5O2S/c1-13-6-5-9-23(12-13)19-22-24-17(26)15(11-21-18(24)27-19)16(25)20-10-14-7-3-2-4-8-14/h2-4,7-8,11,13H,5-6,9-10,12H2,1H3,(H,20,25). The van der Waals surface area contributed by atoms with Crippen LogP contribution in [0.2, 0.25) is 0 Å². The van der Waals surface area contributed by atoms with E-state index in [-0.39, 0.29) is 5.56 Å². The van der Waals surface area contributed by atoms with Crippen molar-refractivity contribution in [1.82, 2.24) is 19.9 Å². The van der Waals surface area contributed by atoms with Gasteiger partial charge in [0.25, 0.3) is 11.5 Å². The summed E-state index contributed by atoms with van der Waals surface area (Å²) in [5.74, 6) is 0.168. The molecule has 3 aromatic rings. The van der Waals surface area contributed by atoms with Crippen LogP contribution in [-0.4, -0.2) is 33.6 Å². The number of carbonyl (C=O) groups excluding carboxylic acids is 1. The van der Waals surface area contributed by atoms with Crippen molar-refractivity contribution in [1.29, 1.82) is 0 Å². The molecule has 3 heterocycles. The van der Waals surface area contributed by atoms with E-state index in [0.29, 0.717) is 17.4 Å². The first kappa shape index (κ1) is 17.7. The first-order valence-electron chi connectivity index (χ1n) is 9.08. The van der Waals surface area contributed by atoms with Gasteiger partial charge in [-0.05, 0) is 24.3 Å². The van der Waals surface area contributed by atoms with E-state index >= 15 is 0 Å². The number of nitrogens with zero attached hydrogens (tertiary/aromatic N) is 4. The van der Waals surface area contributed by atoms with Gasteiger partial charge in [0, 0.05) is 25.8 Å². The molecule has 1 atom stereocenters. The Morgan fingerprint density at radius 1 is 1.33 bits per heavy atom. The maximum absolute atomic E-state index is 12.7. The van der Waals surface area contributed by atoms with Crippen LogP contribution in [0.4, 0.5) is 5.13 Å². The number of hydrogen-bond acceptors (Lipinski definition) is 6. The largest absolute Gasteiger partial charge is 0.348 e. The summed E-state index contributed by atoms with van der Waals surface area (Å²) in [7, 11) is 0. The van der Waals surface area contributed by atoms with Gasteiger partial charge in [-0.1, -0.05) is 48.6 Å². The highest BCUT2D eigenvalue weighted by atomic mass is 32.1. The fourth-order valence-corrected chi connectivity index (χ4v) is 4.19. The van der Waals surface area contributed by atoms with E-state index in [1.54, 1.807) is 0 Å². The van der Waals surface area contributed by atoms with Crippen molar-refractivity contribution in [3.63, 3.8) is 0 Å². The molecular weight excluding hydrogens is 362 g/mol. The maximum atomic E-state index is 12.7. The molecule has 1 saturated heterocycles. The third-order valence-corrected chi connectivity index (χ3v) is 5.73. The summed E-state index contributed by atoms with van der Waals surface area (Å²) in [5, 5.41) is 7.99. The zero-order valence-corrected chi connectivity index (χ0v) is 15.9. The Labute approximate surface area is 160 Å². The lowest BCUT2D eigenvalue weighted by Gasteiger charge is -2.30. The van der Waals surface area contributed by atoms with E-state index in [9.17, 15) is 9.59 Å². The molecule has 1 N–H and O–H groups in total. The van der Waals surface area contributed by atoms with Crippen LogP contribution in [0.3, 0.4) is 0 Å². The number of anilines is 1. The van der Waals surface area contributed by atoms with E-state index in [0.717, 1.165) is 30.2 Å². The summed E-state index contributed by atoms with van der Waals surface area (Å²) in [4.78, 5) is 32.2. The van der Waals surface area contributed by atoms with Crippen molar-refractivity contribution >= 4 is 27.3 Å². The fraction of sp³-hybridized carbons (Fsp3) is 0.368.